The van der Waals surface area contributed by atoms with Crippen molar-refractivity contribution in [3.8, 4) is 0 Å². The van der Waals surface area contributed by atoms with Gasteiger partial charge in [0.15, 0.2) is 0 Å². The van der Waals surface area contributed by atoms with Crippen molar-refractivity contribution >= 4 is 12.1 Å². The van der Waals surface area contributed by atoms with Crippen molar-refractivity contribution in [1.29, 1.82) is 0 Å². The van der Waals surface area contributed by atoms with E-state index in [1.807, 2.05) is 0 Å². The zero-order valence-corrected chi connectivity index (χ0v) is 8.04. The molecule has 0 heterocycles. The monoisotopic (exact) mass is 199 g/mol. The number of nitrogens with one attached hydrogen (secondary N) is 1. The van der Waals surface area contributed by atoms with Gasteiger partial charge >= 0.3 is 12.1 Å². The van der Waals surface area contributed by atoms with Gasteiger partial charge in [-0.25, -0.2) is 9.59 Å². The Morgan fingerprint density at radius 1 is 1.36 bits per heavy atom. The van der Waals surface area contributed by atoms with Crippen molar-refractivity contribution in [2.45, 2.75) is 6.92 Å². The van der Waals surface area contributed by atoms with Gasteiger partial charge in [-0.2, -0.15) is 0 Å². The van der Waals surface area contributed by atoms with Crippen LogP contribution in [0.5, 0.6) is 0 Å². The first-order valence-corrected chi connectivity index (χ1v) is 3.94. The highest BCUT2D eigenvalue weighted by Crippen LogP contribution is 1.91. The van der Waals surface area contributed by atoms with E-state index in [-0.39, 0.29) is 13.2 Å². The SMILES string of the molecule is C=CNC(=O)OCCOC(=O)C(=C)C. The average Bonchev–Trinajstić information content (AvgIpc) is 2.12. The molecule has 5 heteroatoms. The molecular weight excluding hydrogens is 186 g/mol. The minimum atomic E-state index is -0.633. The molecule has 0 rings (SSSR count). The summed E-state index contributed by atoms with van der Waals surface area (Å²) in [5.74, 6) is -0.502. The summed E-state index contributed by atoms with van der Waals surface area (Å²) in [6.07, 6.45) is 0.564. The van der Waals surface area contributed by atoms with E-state index in [0.717, 1.165) is 0 Å². The van der Waals surface area contributed by atoms with Gasteiger partial charge in [-0.3, -0.25) is 5.32 Å². The van der Waals surface area contributed by atoms with Gasteiger partial charge in [0.1, 0.15) is 13.2 Å². The number of rotatable bonds is 5. The summed E-state index contributed by atoms with van der Waals surface area (Å²) in [5, 5.41) is 2.20. The zero-order chi connectivity index (χ0) is 11.0. The third-order valence-electron chi connectivity index (χ3n) is 1.12. The molecule has 0 spiro atoms. The normalized spacial score (nSPS) is 8.64. The van der Waals surface area contributed by atoms with Crippen molar-refractivity contribution in [3.63, 3.8) is 0 Å². The maximum atomic E-state index is 10.8. The second-order valence-corrected chi connectivity index (χ2v) is 2.40. The van der Waals surface area contributed by atoms with E-state index in [4.69, 9.17) is 0 Å². The molecule has 0 saturated heterocycles. The predicted molar refractivity (Wildman–Crippen MR) is 50.5 cm³/mol. The molecule has 0 aromatic heterocycles. The largest absolute Gasteiger partial charge is 0.459 e. The van der Waals surface area contributed by atoms with Crippen LogP contribution in [0.15, 0.2) is 24.9 Å². The van der Waals surface area contributed by atoms with Crippen molar-refractivity contribution in [1.82, 2.24) is 5.32 Å². The van der Waals surface area contributed by atoms with E-state index in [2.05, 4.69) is 27.9 Å². The highest BCUT2D eigenvalue weighted by molar-refractivity contribution is 5.86. The second-order valence-electron chi connectivity index (χ2n) is 2.40. The van der Waals surface area contributed by atoms with Crippen LogP contribution in [0.25, 0.3) is 0 Å². The topological polar surface area (TPSA) is 64.6 Å². The van der Waals surface area contributed by atoms with Crippen LogP contribution >= 0.6 is 0 Å². The first kappa shape index (κ1) is 12.2. The van der Waals surface area contributed by atoms with Crippen molar-refractivity contribution in [2.24, 2.45) is 0 Å². The molecule has 0 aliphatic rings. The Morgan fingerprint density at radius 2 is 1.93 bits per heavy atom. The Kier molecular flexibility index (Phi) is 5.85. The molecule has 0 fully saturated rings. The Morgan fingerprint density at radius 3 is 2.43 bits per heavy atom. The Labute approximate surface area is 82.4 Å². The summed E-state index contributed by atoms with van der Waals surface area (Å²) in [6.45, 7) is 8.21. The van der Waals surface area contributed by atoms with E-state index in [9.17, 15) is 9.59 Å². The quantitative estimate of drug-likeness (QED) is 0.407. The highest BCUT2D eigenvalue weighted by atomic mass is 16.6. The molecule has 0 aliphatic carbocycles. The van der Waals surface area contributed by atoms with E-state index >= 15 is 0 Å². The van der Waals surface area contributed by atoms with E-state index in [1.54, 1.807) is 0 Å². The average molecular weight is 199 g/mol. The summed E-state index contributed by atoms with van der Waals surface area (Å²) in [7, 11) is 0. The number of amides is 1. The third kappa shape index (κ3) is 5.82. The van der Waals surface area contributed by atoms with Gasteiger partial charge in [0.2, 0.25) is 0 Å². The maximum absolute atomic E-state index is 10.8. The minimum Gasteiger partial charge on any atom is -0.459 e. The van der Waals surface area contributed by atoms with Crippen LogP contribution in [0.3, 0.4) is 0 Å². The van der Waals surface area contributed by atoms with E-state index < -0.39 is 12.1 Å². The Hall–Kier alpha value is -1.78. The molecule has 0 atom stereocenters. The van der Waals surface area contributed by atoms with Gasteiger partial charge in [-0.15, -0.1) is 0 Å². The van der Waals surface area contributed by atoms with Gasteiger partial charge in [-0.1, -0.05) is 13.2 Å². The van der Waals surface area contributed by atoms with Crippen molar-refractivity contribution in [2.75, 3.05) is 13.2 Å². The molecule has 0 aromatic rings. The first-order chi connectivity index (χ1) is 6.57. The fourth-order valence-corrected chi connectivity index (χ4v) is 0.517. The molecule has 0 bridgehead atoms. The summed E-state index contributed by atoms with van der Waals surface area (Å²) < 4.78 is 9.25. The molecule has 1 N–H and O–H groups in total. The lowest BCUT2D eigenvalue weighted by Crippen LogP contribution is -2.21. The summed E-state index contributed by atoms with van der Waals surface area (Å²) in [4.78, 5) is 21.5. The number of alkyl carbamates (subject to hydrolysis) is 1. The molecule has 5 nitrogen and oxygen atoms in total. The number of hydrogen-bond donors (Lipinski definition) is 1. The van der Waals surface area contributed by atoms with Crippen LogP contribution in [-0.2, 0) is 14.3 Å². The van der Waals surface area contributed by atoms with Crippen LogP contribution in [-0.4, -0.2) is 25.3 Å². The highest BCUT2D eigenvalue weighted by Gasteiger charge is 2.03. The van der Waals surface area contributed by atoms with Gasteiger partial charge in [0.25, 0.3) is 0 Å². The van der Waals surface area contributed by atoms with Gasteiger partial charge in [0, 0.05) is 5.57 Å². The molecule has 0 radical (unpaired) electrons. The lowest BCUT2D eigenvalue weighted by Gasteiger charge is -2.05. The molecule has 14 heavy (non-hydrogen) atoms. The van der Waals surface area contributed by atoms with Crippen LogP contribution in [0.4, 0.5) is 4.79 Å². The van der Waals surface area contributed by atoms with Crippen molar-refractivity contribution in [3.05, 3.63) is 24.9 Å². The molecule has 0 aliphatic heterocycles. The van der Waals surface area contributed by atoms with Crippen LogP contribution in [0.2, 0.25) is 0 Å². The van der Waals surface area contributed by atoms with Crippen molar-refractivity contribution < 1.29 is 19.1 Å². The van der Waals surface area contributed by atoms with Crippen LogP contribution < -0.4 is 5.32 Å². The number of hydrogen-bond acceptors (Lipinski definition) is 4. The lowest BCUT2D eigenvalue weighted by molar-refractivity contribution is -0.139. The molecule has 0 aromatic carbocycles. The minimum absolute atomic E-state index is 0.00130. The Bertz CT molecular complexity index is 247. The first-order valence-electron chi connectivity index (χ1n) is 3.94. The fourth-order valence-electron chi connectivity index (χ4n) is 0.517. The molecule has 78 valence electrons. The summed E-state index contributed by atoms with van der Waals surface area (Å²) in [5.41, 5.74) is 0.306. The maximum Gasteiger partial charge on any atom is 0.411 e. The molecule has 0 saturated carbocycles. The van der Waals surface area contributed by atoms with Gasteiger partial charge in [0.05, 0.1) is 0 Å². The van der Waals surface area contributed by atoms with E-state index in [0.29, 0.717) is 5.57 Å². The predicted octanol–water partition coefficient (Wildman–Crippen LogP) is 0.975. The second kappa shape index (κ2) is 6.71. The smallest absolute Gasteiger partial charge is 0.411 e. The standard InChI is InChI=1S/C9H13NO4/c1-4-10-9(12)14-6-5-13-8(11)7(2)3/h4H,1-2,5-6H2,3H3,(H,10,12). The number of esters is 1. The summed E-state index contributed by atoms with van der Waals surface area (Å²) in [6, 6.07) is 0. The van der Waals surface area contributed by atoms with Gasteiger partial charge < -0.3 is 9.47 Å². The number of carbonyl (C=O) groups excluding carboxylic acids is 2. The van der Waals surface area contributed by atoms with Gasteiger partial charge in [-0.05, 0) is 13.1 Å². The summed E-state index contributed by atoms with van der Waals surface area (Å²) >= 11 is 0. The van der Waals surface area contributed by atoms with Crippen LogP contribution in [0, 0.1) is 0 Å². The molecule has 0 unspecified atom stereocenters. The Balaban J connectivity index is 3.47. The van der Waals surface area contributed by atoms with E-state index in [1.165, 1.54) is 13.1 Å². The number of carbonyl (C=O) groups is 2. The number of ether oxygens (including phenoxy) is 2. The molecular formula is C9H13NO4. The van der Waals surface area contributed by atoms with Crippen LogP contribution in [0.1, 0.15) is 6.92 Å². The fraction of sp³-hybridized carbons (Fsp3) is 0.333. The third-order valence-corrected chi connectivity index (χ3v) is 1.12. The zero-order valence-electron chi connectivity index (χ0n) is 8.04. The molecule has 1 amide bonds. The lowest BCUT2D eigenvalue weighted by atomic mass is 10.4.